The van der Waals surface area contributed by atoms with Gasteiger partial charge >= 0.3 is 11.0 Å². The predicted octanol–water partition coefficient (Wildman–Crippen LogP) is 7.21. The molecule has 0 spiro atoms. The molecule has 2 aromatic rings. The molecule has 9 heteroatoms. The third-order valence-electron chi connectivity index (χ3n) is 3.11. The lowest BCUT2D eigenvalue weighted by Gasteiger charge is -2.05. The Kier molecular flexibility index (Phi) is 7.42. The van der Waals surface area contributed by atoms with E-state index in [1.54, 1.807) is 0 Å². The minimum absolute atomic E-state index is 0.0444. The largest absolute Gasteiger partial charge is 0.446 e. The molecule has 0 amide bonds. The molecule has 0 fully saturated rings. The van der Waals surface area contributed by atoms with Gasteiger partial charge in [-0.3, -0.25) is 4.79 Å². The zero-order valence-electron chi connectivity index (χ0n) is 13.9. The Morgan fingerprint density at radius 2 is 0.964 bits per heavy atom. The summed E-state index contributed by atoms with van der Waals surface area (Å²) < 4.78 is 73.6. The van der Waals surface area contributed by atoms with Gasteiger partial charge in [0.25, 0.3) is 0 Å². The molecule has 0 atom stereocenters. The molecule has 0 heterocycles. The van der Waals surface area contributed by atoms with Gasteiger partial charge in [0.1, 0.15) is 0 Å². The fourth-order valence-corrected chi connectivity index (χ4v) is 3.05. The highest BCUT2D eigenvalue weighted by atomic mass is 32.2. The summed E-state index contributed by atoms with van der Waals surface area (Å²) >= 11 is -0.445. The van der Waals surface area contributed by atoms with E-state index in [4.69, 9.17) is 0 Å². The van der Waals surface area contributed by atoms with E-state index in [2.05, 4.69) is 0 Å². The van der Waals surface area contributed by atoms with Crippen LogP contribution in [0.1, 0.15) is 11.1 Å². The fourth-order valence-electron chi connectivity index (χ4n) is 1.97. The van der Waals surface area contributed by atoms with Gasteiger partial charge in [0.15, 0.2) is 5.78 Å². The quantitative estimate of drug-likeness (QED) is 0.272. The van der Waals surface area contributed by atoms with E-state index in [0.29, 0.717) is 11.1 Å². The summed E-state index contributed by atoms with van der Waals surface area (Å²) in [6.07, 6.45) is 5.40. The van der Waals surface area contributed by atoms with Crippen molar-refractivity contribution in [2.75, 3.05) is 0 Å². The molecule has 28 heavy (non-hydrogen) atoms. The molecule has 0 radical (unpaired) electrons. The summed E-state index contributed by atoms with van der Waals surface area (Å²) in [6, 6.07) is 11.0. The number of carbonyl (C=O) groups is 1. The van der Waals surface area contributed by atoms with Crippen molar-refractivity contribution >= 4 is 41.5 Å². The van der Waals surface area contributed by atoms with Gasteiger partial charge in [-0.05, 0) is 71.1 Å². The van der Waals surface area contributed by atoms with Crippen LogP contribution in [0, 0.1) is 0 Å². The van der Waals surface area contributed by atoms with Crippen LogP contribution >= 0.6 is 23.5 Å². The van der Waals surface area contributed by atoms with Crippen LogP contribution in [0.5, 0.6) is 0 Å². The van der Waals surface area contributed by atoms with Gasteiger partial charge in [0.05, 0.1) is 0 Å². The minimum Gasteiger partial charge on any atom is -0.290 e. The average molecular weight is 434 g/mol. The van der Waals surface area contributed by atoms with E-state index in [-0.39, 0.29) is 39.1 Å². The van der Waals surface area contributed by atoms with Gasteiger partial charge in [0.2, 0.25) is 0 Å². The molecule has 0 saturated heterocycles. The van der Waals surface area contributed by atoms with Crippen LogP contribution in [0.15, 0.2) is 70.5 Å². The van der Waals surface area contributed by atoms with Gasteiger partial charge in [-0.25, -0.2) is 0 Å². The molecular formula is C19H12F6OS2. The van der Waals surface area contributed by atoms with Crippen molar-refractivity contribution in [3.05, 3.63) is 71.8 Å². The van der Waals surface area contributed by atoms with Crippen molar-refractivity contribution in [2.45, 2.75) is 20.8 Å². The summed E-state index contributed by atoms with van der Waals surface area (Å²) in [6.45, 7) is 0. The maximum Gasteiger partial charge on any atom is 0.446 e. The third-order valence-corrected chi connectivity index (χ3v) is 4.59. The number of hydrogen-bond acceptors (Lipinski definition) is 3. The number of carbonyl (C=O) groups excluding carboxylic acids is 1. The summed E-state index contributed by atoms with van der Waals surface area (Å²) in [5, 5.41) is 0. The standard InChI is InChI=1S/C19H12F6OS2/c20-18(21,22)27-16-9-3-13(4-10-16)1-7-15(26)8-2-14-5-11-17(12-6-14)28-19(23,24)25/h1-12H. The van der Waals surface area contributed by atoms with Crippen LogP contribution in [0.4, 0.5) is 26.3 Å². The van der Waals surface area contributed by atoms with Crippen molar-refractivity contribution in [1.29, 1.82) is 0 Å². The van der Waals surface area contributed by atoms with Crippen molar-refractivity contribution in [1.82, 2.24) is 0 Å². The number of thioether (sulfide) groups is 2. The van der Waals surface area contributed by atoms with Crippen LogP contribution in [0.3, 0.4) is 0 Å². The smallest absolute Gasteiger partial charge is 0.290 e. The lowest BCUT2D eigenvalue weighted by Crippen LogP contribution is -1.98. The lowest BCUT2D eigenvalue weighted by molar-refractivity contribution is -0.110. The highest BCUT2D eigenvalue weighted by Gasteiger charge is 2.29. The van der Waals surface area contributed by atoms with Crippen molar-refractivity contribution in [3.63, 3.8) is 0 Å². The summed E-state index contributed by atoms with van der Waals surface area (Å²) in [5.74, 6) is -0.373. The van der Waals surface area contributed by atoms with E-state index in [9.17, 15) is 31.1 Å². The first kappa shape index (κ1) is 22.2. The Morgan fingerprint density at radius 1 is 0.643 bits per heavy atom. The summed E-state index contributed by atoms with van der Waals surface area (Å²) in [7, 11) is 0. The van der Waals surface area contributed by atoms with Crippen molar-refractivity contribution in [2.24, 2.45) is 0 Å². The highest BCUT2D eigenvalue weighted by molar-refractivity contribution is 8.00. The zero-order valence-corrected chi connectivity index (χ0v) is 15.6. The molecule has 0 bridgehead atoms. The van der Waals surface area contributed by atoms with E-state index in [1.807, 2.05) is 0 Å². The molecule has 0 unspecified atom stereocenters. The number of benzene rings is 2. The highest BCUT2D eigenvalue weighted by Crippen LogP contribution is 2.37. The molecule has 0 N–H and O–H groups in total. The van der Waals surface area contributed by atoms with E-state index in [0.717, 1.165) is 0 Å². The van der Waals surface area contributed by atoms with Crippen LogP contribution in [0.25, 0.3) is 12.2 Å². The second-order valence-electron chi connectivity index (χ2n) is 5.30. The number of halogens is 6. The zero-order chi connectivity index (χ0) is 20.8. The predicted molar refractivity (Wildman–Crippen MR) is 99.8 cm³/mol. The number of allylic oxidation sites excluding steroid dienone is 2. The third kappa shape index (κ3) is 8.71. The Hall–Kier alpha value is -2.13. The Labute approximate surface area is 165 Å². The number of ketones is 1. The minimum atomic E-state index is -4.36. The van der Waals surface area contributed by atoms with Crippen LogP contribution in [0.2, 0.25) is 0 Å². The molecule has 148 valence electrons. The van der Waals surface area contributed by atoms with E-state index >= 15 is 0 Å². The van der Waals surface area contributed by atoms with Gasteiger partial charge in [-0.15, -0.1) is 0 Å². The molecule has 2 aromatic carbocycles. The molecule has 2 rings (SSSR count). The van der Waals surface area contributed by atoms with Gasteiger partial charge in [-0.2, -0.15) is 26.3 Å². The van der Waals surface area contributed by atoms with E-state index < -0.39 is 11.0 Å². The molecule has 0 aliphatic rings. The first-order valence-electron chi connectivity index (χ1n) is 7.62. The fraction of sp³-hybridized carbons (Fsp3) is 0.105. The van der Waals surface area contributed by atoms with E-state index in [1.165, 1.54) is 72.8 Å². The molecule has 0 saturated carbocycles. The summed E-state index contributed by atoms with van der Waals surface area (Å²) in [5.41, 5.74) is -7.60. The maximum atomic E-state index is 12.3. The first-order chi connectivity index (χ1) is 13.0. The van der Waals surface area contributed by atoms with Crippen molar-refractivity contribution in [3.8, 4) is 0 Å². The lowest BCUT2D eigenvalue weighted by atomic mass is 10.1. The monoisotopic (exact) mass is 434 g/mol. The van der Waals surface area contributed by atoms with Gasteiger partial charge in [-0.1, -0.05) is 36.4 Å². The number of rotatable bonds is 6. The van der Waals surface area contributed by atoms with Gasteiger partial charge < -0.3 is 0 Å². The molecule has 0 aromatic heterocycles. The molecule has 0 aliphatic carbocycles. The second-order valence-corrected chi connectivity index (χ2v) is 7.58. The maximum absolute atomic E-state index is 12.3. The summed E-state index contributed by atoms with van der Waals surface area (Å²) in [4.78, 5) is 11.9. The normalized spacial score (nSPS) is 12.8. The molecular weight excluding hydrogens is 422 g/mol. The topological polar surface area (TPSA) is 17.1 Å². The molecule has 0 aliphatic heterocycles. The average Bonchev–Trinajstić information content (AvgIpc) is 2.58. The van der Waals surface area contributed by atoms with Gasteiger partial charge in [0, 0.05) is 9.79 Å². The van der Waals surface area contributed by atoms with Crippen LogP contribution in [-0.4, -0.2) is 16.8 Å². The number of hydrogen-bond donors (Lipinski definition) is 0. The first-order valence-corrected chi connectivity index (χ1v) is 9.25. The number of alkyl halides is 6. The Morgan fingerprint density at radius 3 is 1.25 bits per heavy atom. The van der Waals surface area contributed by atoms with Crippen molar-refractivity contribution < 1.29 is 31.1 Å². The SMILES string of the molecule is O=C(C=Cc1ccc(SC(F)(F)F)cc1)C=Cc1ccc(SC(F)(F)F)cc1. The molecule has 1 nitrogen and oxygen atoms in total. The van der Waals surface area contributed by atoms with Crippen LogP contribution in [-0.2, 0) is 4.79 Å². The Bertz CT molecular complexity index is 778. The van der Waals surface area contributed by atoms with Crippen LogP contribution < -0.4 is 0 Å². The second kappa shape index (κ2) is 9.38. The Balaban J connectivity index is 1.92.